The zero-order valence-corrected chi connectivity index (χ0v) is 9.57. The van der Waals surface area contributed by atoms with Crippen molar-refractivity contribution < 1.29 is 23.1 Å². The summed E-state index contributed by atoms with van der Waals surface area (Å²) in [6, 6.07) is 1.88. The molecule has 1 aromatic carbocycles. The van der Waals surface area contributed by atoms with Crippen molar-refractivity contribution in [1.82, 2.24) is 0 Å². The molecule has 1 aromatic rings. The second-order valence-corrected chi connectivity index (χ2v) is 3.82. The van der Waals surface area contributed by atoms with Gasteiger partial charge in [-0.25, -0.2) is 4.79 Å². The Morgan fingerprint density at radius 2 is 1.88 bits per heavy atom. The molecule has 1 N–H and O–H groups in total. The van der Waals surface area contributed by atoms with Crippen LogP contribution in [0.5, 0.6) is 0 Å². The minimum Gasteiger partial charge on any atom is -0.478 e. The molecule has 0 fully saturated rings. The van der Waals surface area contributed by atoms with Crippen molar-refractivity contribution in [3.63, 3.8) is 0 Å². The van der Waals surface area contributed by atoms with Gasteiger partial charge in [0, 0.05) is 6.08 Å². The average molecular weight is 285 g/mol. The Balaban J connectivity index is 3.29. The molecule has 2 nitrogen and oxygen atoms in total. The Hall–Kier alpha value is -1.20. The highest BCUT2D eigenvalue weighted by atomic mass is 35.5. The van der Waals surface area contributed by atoms with Crippen molar-refractivity contribution in [2.24, 2.45) is 0 Å². The Labute approximate surface area is 104 Å². The average Bonchev–Trinajstić information content (AvgIpc) is 2.17. The van der Waals surface area contributed by atoms with Crippen molar-refractivity contribution in [3.05, 3.63) is 39.4 Å². The molecule has 7 heteroatoms. The molecule has 0 heterocycles. The van der Waals surface area contributed by atoms with Gasteiger partial charge in [-0.1, -0.05) is 23.2 Å². The molecule has 0 aromatic heterocycles. The maximum atomic E-state index is 12.5. The second kappa shape index (κ2) is 4.98. The molecule has 0 bridgehead atoms. The fourth-order valence-corrected chi connectivity index (χ4v) is 1.52. The third kappa shape index (κ3) is 3.64. The van der Waals surface area contributed by atoms with Crippen LogP contribution in [0.1, 0.15) is 11.1 Å². The Morgan fingerprint density at radius 3 is 2.35 bits per heavy atom. The molecule has 17 heavy (non-hydrogen) atoms. The van der Waals surface area contributed by atoms with Crippen LogP contribution in [-0.4, -0.2) is 11.1 Å². The fraction of sp³-hybridized carbons (Fsp3) is 0.100. The van der Waals surface area contributed by atoms with Crippen LogP contribution in [0.2, 0.25) is 10.0 Å². The molecular formula is C10H5Cl2F3O2. The summed E-state index contributed by atoms with van der Waals surface area (Å²) in [4.78, 5) is 10.2. The molecule has 0 aliphatic rings. The normalized spacial score (nSPS) is 12.1. The molecular weight excluding hydrogens is 280 g/mol. The van der Waals surface area contributed by atoms with E-state index in [1.165, 1.54) is 0 Å². The lowest BCUT2D eigenvalue weighted by Crippen LogP contribution is -2.06. The van der Waals surface area contributed by atoms with Crippen LogP contribution in [0.15, 0.2) is 18.2 Å². The number of carbonyl (C=O) groups is 1. The number of carboxylic acid groups (broad SMARTS) is 1. The molecule has 0 amide bonds. The topological polar surface area (TPSA) is 37.3 Å². The van der Waals surface area contributed by atoms with E-state index in [0.717, 1.165) is 18.2 Å². The van der Waals surface area contributed by atoms with Crippen LogP contribution < -0.4 is 0 Å². The molecule has 92 valence electrons. The number of aliphatic carboxylic acids is 1. The van der Waals surface area contributed by atoms with Gasteiger partial charge in [0.25, 0.3) is 0 Å². The lowest BCUT2D eigenvalue weighted by molar-refractivity contribution is -0.137. The molecule has 0 unspecified atom stereocenters. The largest absolute Gasteiger partial charge is 0.478 e. The second-order valence-electron chi connectivity index (χ2n) is 3.03. The van der Waals surface area contributed by atoms with Crippen LogP contribution in [0.3, 0.4) is 0 Å². The summed E-state index contributed by atoms with van der Waals surface area (Å²) >= 11 is 10.9. The molecule has 0 aliphatic carbocycles. The molecule has 0 saturated carbocycles. The first-order chi connectivity index (χ1) is 7.71. The van der Waals surface area contributed by atoms with Crippen LogP contribution >= 0.6 is 23.2 Å². The maximum Gasteiger partial charge on any atom is 0.417 e. The first-order valence-electron chi connectivity index (χ1n) is 4.19. The van der Waals surface area contributed by atoms with Crippen molar-refractivity contribution in [1.29, 1.82) is 0 Å². The van der Waals surface area contributed by atoms with E-state index in [2.05, 4.69) is 0 Å². The highest BCUT2D eigenvalue weighted by molar-refractivity contribution is 6.42. The van der Waals surface area contributed by atoms with Crippen LogP contribution in [-0.2, 0) is 11.0 Å². The smallest absolute Gasteiger partial charge is 0.417 e. The Bertz CT molecular complexity index is 481. The third-order valence-electron chi connectivity index (χ3n) is 1.77. The number of hydrogen-bond donors (Lipinski definition) is 1. The van der Waals surface area contributed by atoms with Gasteiger partial charge in [0.2, 0.25) is 0 Å². The lowest BCUT2D eigenvalue weighted by atomic mass is 10.1. The fourth-order valence-electron chi connectivity index (χ4n) is 1.08. The number of benzene rings is 1. The summed E-state index contributed by atoms with van der Waals surface area (Å²) < 4.78 is 37.6. The van der Waals surface area contributed by atoms with E-state index in [4.69, 9.17) is 28.3 Å². The number of carboxylic acids is 1. The van der Waals surface area contributed by atoms with Gasteiger partial charge in [0.15, 0.2) is 0 Å². The van der Waals surface area contributed by atoms with E-state index in [1.807, 2.05) is 0 Å². The van der Waals surface area contributed by atoms with Crippen LogP contribution in [0.25, 0.3) is 6.08 Å². The van der Waals surface area contributed by atoms with Gasteiger partial charge >= 0.3 is 12.1 Å². The van der Waals surface area contributed by atoms with Gasteiger partial charge in [-0.2, -0.15) is 13.2 Å². The molecule has 0 radical (unpaired) electrons. The SMILES string of the molecule is O=C(O)/C=C/c1cc(Cl)c(Cl)c(C(F)(F)F)c1. The van der Waals surface area contributed by atoms with Gasteiger partial charge < -0.3 is 5.11 Å². The third-order valence-corrected chi connectivity index (χ3v) is 2.58. The Morgan fingerprint density at radius 1 is 1.29 bits per heavy atom. The maximum absolute atomic E-state index is 12.5. The highest BCUT2D eigenvalue weighted by Crippen LogP contribution is 2.39. The summed E-state index contributed by atoms with van der Waals surface area (Å²) in [6.45, 7) is 0. The lowest BCUT2D eigenvalue weighted by Gasteiger charge is -2.11. The predicted octanol–water partition coefficient (Wildman–Crippen LogP) is 4.11. The van der Waals surface area contributed by atoms with Crippen molar-refractivity contribution in [2.45, 2.75) is 6.18 Å². The van der Waals surface area contributed by atoms with Gasteiger partial charge in [0.1, 0.15) is 0 Å². The highest BCUT2D eigenvalue weighted by Gasteiger charge is 2.34. The van der Waals surface area contributed by atoms with Gasteiger partial charge in [-0.05, 0) is 23.8 Å². The number of hydrogen-bond acceptors (Lipinski definition) is 1. The number of rotatable bonds is 2. The van der Waals surface area contributed by atoms with E-state index in [1.54, 1.807) is 0 Å². The summed E-state index contributed by atoms with van der Waals surface area (Å²) in [7, 11) is 0. The molecule has 1 rings (SSSR count). The summed E-state index contributed by atoms with van der Waals surface area (Å²) in [5.74, 6) is -1.27. The minimum absolute atomic E-state index is 0.00845. The van der Waals surface area contributed by atoms with Crippen LogP contribution in [0.4, 0.5) is 13.2 Å². The van der Waals surface area contributed by atoms with E-state index >= 15 is 0 Å². The molecule has 0 atom stereocenters. The summed E-state index contributed by atoms with van der Waals surface area (Å²) in [6.07, 6.45) is -2.94. The van der Waals surface area contributed by atoms with E-state index in [-0.39, 0.29) is 10.6 Å². The summed E-state index contributed by atoms with van der Waals surface area (Å²) in [5, 5.41) is 7.47. The minimum atomic E-state index is -4.65. The van der Waals surface area contributed by atoms with E-state index in [9.17, 15) is 18.0 Å². The quantitative estimate of drug-likeness (QED) is 0.830. The Kier molecular flexibility index (Phi) is 4.06. The van der Waals surface area contributed by atoms with Crippen molar-refractivity contribution in [3.8, 4) is 0 Å². The number of alkyl halides is 3. The first kappa shape index (κ1) is 13.9. The first-order valence-corrected chi connectivity index (χ1v) is 4.94. The van der Waals surface area contributed by atoms with E-state index < -0.39 is 22.7 Å². The molecule has 0 aliphatic heterocycles. The van der Waals surface area contributed by atoms with Gasteiger partial charge in [-0.3, -0.25) is 0 Å². The van der Waals surface area contributed by atoms with E-state index in [0.29, 0.717) is 6.08 Å². The van der Waals surface area contributed by atoms with Crippen molar-refractivity contribution >= 4 is 35.2 Å². The summed E-state index contributed by atoms with van der Waals surface area (Å²) in [5.41, 5.74) is -1.09. The zero-order valence-electron chi connectivity index (χ0n) is 8.05. The monoisotopic (exact) mass is 284 g/mol. The molecule has 0 saturated heterocycles. The van der Waals surface area contributed by atoms with Crippen LogP contribution in [0, 0.1) is 0 Å². The molecule has 0 spiro atoms. The standard InChI is InChI=1S/C10H5Cl2F3O2/c11-7-4-5(1-2-8(16)17)3-6(9(7)12)10(13,14)15/h1-4H,(H,16,17)/b2-1+. The van der Waals surface area contributed by atoms with Crippen molar-refractivity contribution in [2.75, 3.05) is 0 Å². The van der Waals surface area contributed by atoms with Gasteiger partial charge in [-0.15, -0.1) is 0 Å². The zero-order chi connectivity index (χ0) is 13.2. The number of halogens is 5. The predicted molar refractivity (Wildman–Crippen MR) is 58.1 cm³/mol. The van der Waals surface area contributed by atoms with Gasteiger partial charge in [0.05, 0.1) is 15.6 Å².